The van der Waals surface area contributed by atoms with Gasteiger partial charge in [-0.05, 0) is 55.3 Å². The van der Waals surface area contributed by atoms with Gasteiger partial charge in [0.1, 0.15) is 12.4 Å². The summed E-state index contributed by atoms with van der Waals surface area (Å²) in [6.45, 7) is 7.68. The Bertz CT molecular complexity index is 1250. The molecule has 2 aromatic carbocycles. The maximum atomic E-state index is 13.2. The molecule has 0 unspecified atom stereocenters. The van der Waals surface area contributed by atoms with Crippen molar-refractivity contribution >= 4 is 17.3 Å². The zero-order valence-corrected chi connectivity index (χ0v) is 20.4. The highest BCUT2D eigenvalue weighted by atomic mass is 19.1. The van der Waals surface area contributed by atoms with Gasteiger partial charge >= 0.3 is 0 Å². The summed E-state index contributed by atoms with van der Waals surface area (Å²) >= 11 is 0. The number of carbonyl (C=O) groups excluding carboxylic acids is 1. The van der Waals surface area contributed by atoms with E-state index in [-0.39, 0.29) is 29.4 Å². The molecule has 1 aliphatic rings. The van der Waals surface area contributed by atoms with Crippen LogP contribution in [-0.4, -0.2) is 48.7 Å². The fourth-order valence-corrected chi connectivity index (χ4v) is 4.29. The minimum atomic E-state index is -0.244. The highest BCUT2D eigenvalue weighted by molar-refractivity contribution is 5.91. The predicted octanol–water partition coefficient (Wildman–Crippen LogP) is 3.57. The molecule has 3 aromatic rings. The zero-order chi connectivity index (χ0) is 24.9. The molecule has 2 heterocycles. The quantitative estimate of drug-likeness (QED) is 0.562. The lowest BCUT2D eigenvalue weighted by Crippen LogP contribution is -2.46. The predicted molar refractivity (Wildman–Crippen MR) is 136 cm³/mol. The molecule has 1 saturated heterocycles. The second-order valence-electron chi connectivity index (χ2n) is 8.93. The van der Waals surface area contributed by atoms with Crippen LogP contribution in [0.5, 0.6) is 5.75 Å². The molecule has 184 valence electrons. The summed E-state index contributed by atoms with van der Waals surface area (Å²) in [5, 5.41) is 2.98. The number of halogens is 1. The number of aromatic nitrogens is 1. The van der Waals surface area contributed by atoms with Crippen molar-refractivity contribution in [3.63, 3.8) is 0 Å². The van der Waals surface area contributed by atoms with Crippen molar-refractivity contribution in [1.82, 2.24) is 9.47 Å². The van der Waals surface area contributed by atoms with Gasteiger partial charge in [0, 0.05) is 55.9 Å². The smallest absolute Gasteiger partial charge is 0.244 e. The SMILES string of the molecule is COc1cn(CC(=O)Nc2cc(C)ccc2C)c(CN2CCN(c3ccc(F)cc3)CC2)cc1=O. The van der Waals surface area contributed by atoms with Crippen LogP contribution in [0.15, 0.2) is 59.5 Å². The van der Waals surface area contributed by atoms with Gasteiger partial charge < -0.3 is 19.5 Å². The number of nitrogens with zero attached hydrogens (tertiary/aromatic N) is 3. The van der Waals surface area contributed by atoms with Crippen molar-refractivity contribution in [3.05, 3.63) is 87.6 Å². The first-order valence-corrected chi connectivity index (χ1v) is 11.7. The number of pyridine rings is 1. The summed E-state index contributed by atoms with van der Waals surface area (Å²) < 4.78 is 20.3. The van der Waals surface area contributed by atoms with Gasteiger partial charge in [0.15, 0.2) is 5.75 Å². The Kier molecular flexibility index (Phi) is 7.51. The average molecular weight is 479 g/mol. The summed E-state index contributed by atoms with van der Waals surface area (Å²) in [4.78, 5) is 29.9. The number of nitrogens with one attached hydrogen (secondary N) is 1. The number of carbonyl (C=O) groups is 1. The molecule has 0 spiro atoms. The lowest BCUT2D eigenvalue weighted by atomic mass is 10.1. The van der Waals surface area contributed by atoms with Crippen LogP contribution in [0.2, 0.25) is 0 Å². The van der Waals surface area contributed by atoms with Crippen LogP contribution in [-0.2, 0) is 17.9 Å². The highest BCUT2D eigenvalue weighted by Crippen LogP contribution is 2.19. The number of aryl methyl sites for hydroxylation is 2. The van der Waals surface area contributed by atoms with Gasteiger partial charge in [-0.3, -0.25) is 14.5 Å². The largest absolute Gasteiger partial charge is 0.491 e. The lowest BCUT2D eigenvalue weighted by molar-refractivity contribution is -0.116. The molecule has 0 bridgehead atoms. The normalized spacial score (nSPS) is 14.1. The van der Waals surface area contributed by atoms with E-state index in [1.165, 1.54) is 19.2 Å². The van der Waals surface area contributed by atoms with E-state index in [9.17, 15) is 14.0 Å². The van der Waals surface area contributed by atoms with Gasteiger partial charge in [-0.15, -0.1) is 0 Å². The maximum absolute atomic E-state index is 13.2. The molecule has 1 amide bonds. The minimum absolute atomic E-state index is 0.0644. The van der Waals surface area contributed by atoms with E-state index < -0.39 is 0 Å². The molecule has 1 aromatic heterocycles. The van der Waals surface area contributed by atoms with Crippen LogP contribution in [0.3, 0.4) is 0 Å². The van der Waals surface area contributed by atoms with Crippen molar-refractivity contribution in [1.29, 1.82) is 0 Å². The van der Waals surface area contributed by atoms with Gasteiger partial charge in [0.25, 0.3) is 0 Å². The first kappa shape index (κ1) is 24.5. The number of rotatable bonds is 7. The van der Waals surface area contributed by atoms with Crippen LogP contribution in [0.1, 0.15) is 16.8 Å². The van der Waals surface area contributed by atoms with E-state index in [4.69, 9.17) is 4.74 Å². The lowest BCUT2D eigenvalue weighted by Gasteiger charge is -2.36. The Labute approximate surface area is 204 Å². The molecule has 1 N–H and O–H groups in total. The number of amides is 1. The first-order valence-electron chi connectivity index (χ1n) is 11.7. The number of piperazine rings is 1. The van der Waals surface area contributed by atoms with Crippen molar-refractivity contribution in [2.75, 3.05) is 43.5 Å². The van der Waals surface area contributed by atoms with E-state index >= 15 is 0 Å². The van der Waals surface area contributed by atoms with Crippen molar-refractivity contribution in [3.8, 4) is 5.75 Å². The van der Waals surface area contributed by atoms with E-state index in [1.54, 1.807) is 29.0 Å². The summed E-state index contributed by atoms with van der Waals surface area (Å²) in [5.74, 6) is -0.215. The minimum Gasteiger partial charge on any atom is -0.491 e. The molecule has 0 saturated carbocycles. The average Bonchev–Trinajstić information content (AvgIpc) is 2.84. The molecule has 4 rings (SSSR count). The third kappa shape index (κ3) is 6.08. The molecule has 1 fully saturated rings. The standard InChI is InChI=1S/C27H31FN4O3/c1-19-4-5-20(2)24(14-19)29-27(34)18-32-17-26(35-3)25(33)15-23(32)16-30-10-12-31(13-11-30)22-8-6-21(28)7-9-22/h4-9,14-15,17H,10-13,16,18H2,1-3H3,(H,29,34). The molecule has 1 aliphatic heterocycles. The number of ether oxygens (including phenoxy) is 1. The van der Waals surface area contributed by atoms with Crippen molar-refractivity contribution in [2.24, 2.45) is 0 Å². The number of benzene rings is 2. The second-order valence-corrected chi connectivity index (χ2v) is 8.93. The topological polar surface area (TPSA) is 66.8 Å². The highest BCUT2D eigenvalue weighted by Gasteiger charge is 2.20. The Morgan fingerprint density at radius 3 is 2.43 bits per heavy atom. The zero-order valence-electron chi connectivity index (χ0n) is 20.4. The van der Waals surface area contributed by atoms with Crippen LogP contribution in [0, 0.1) is 19.7 Å². The molecular weight excluding hydrogens is 447 g/mol. The Morgan fingerprint density at radius 1 is 1.03 bits per heavy atom. The van der Waals surface area contributed by atoms with E-state index in [0.717, 1.165) is 54.4 Å². The molecule has 0 atom stereocenters. The van der Waals surface area contributed by atoms with Gasteiger partial charge in [-0.25, -0.2) is 4.39 Å². The Balaban J connectivity index is 1.46. The number of hydrogen-bond donors (Lipinski definition) is 1. The van der Waals surface area contributed by atoms with E-state index in [2.05, 4.69) is 15.1 Å². The van der Waals surface area contributed by atoms with Gasteiger partial charge in [-0.2, -0.15) is 0 Å². The van der Waals surface area contributed by atoms with Crippen LogP contribution >= 0.6 is 0 Å². The molecule has 0 aliphatic carbocycles. The molecule has 7 nitrogen and oxygen atoms in total. The monoisotopic (exact) mass is 478 g/mol. The van der Waals surface area contributed by atoms with Crippen LogP contribution in [0.4, 0.5) is 15.8 Å². The Morgan fingerprint density at radius 2 is 1.74 bits per heavy atom. The van der Waals surface area contributed by atoms with Gasteiger partial charge in [0.2, 0.25) is 11.3 Å². The number of hydrogen-bond acceptors (Lipinski definition) is 5. The summed E-state index contributed by atoms with van der Waals surface area (Å²) in [6.07, 6.45) is 1.61. The van der Waals surface area contributed by atoms with Crippen molar-refractivity contribution < 1.29 is 13.9 Å². The summed E-state index contributed by atoms with van der Waals surface area (Å²) in [7, 11) is 1.45. The number of anilines is 2. The summed E-state index contributed by atoms with van der Waals surface area (Å²) in [6, 6.07) is 14.0. The van der Waals surface area contributed by atoms with Crippen molar-refractivity contribution in [2.45, 2.75) is 26.9 Å². The molecule has 35 heavy (non-hydrogen) atoms. The first-order chi connectivity index (χ1) is 16.8. The molecule has 8 heteroatoms. The van der Waals surface area contributed by atoms with Crippen LogP contribution < -0.4 is 20.4 Å². The second kappa shape index (κ2) is 10.7. The molecule has 0 radical (unpaired) electrons. The Hall–Kier alpha value is -3.65. The number of methoxy groups -OCH3 is 1. The third-order valence-electron chi connectivity index (χ3n) is 6.33. The fourth-order valence-electron chi connectivity index (χ4n) is 4.29. The van der Waals surface area contributed by atoms with Crippen LogP contribution in [0.25, 0.3) is 0 Å². The van der Waals surface area contributed by atoms with Gasteiger partial charge in [0.05, 0.1) is 13.3 Å². The van der Waals surface area contributed by atoms with Gasteiger partial charge in [-0.1, -0.05) is 12.1 Å². The molecular formula is C27H31FN4O3. The fraction of sp³-hybridized carbons (Fsp3) is 0.333. The summed E-state index contributed by atoms with van der Waals surface area (Å²) in [5.41, 5.74) is 4.37. The maximum Gasteiger partial charge on any atom is 0.244 e. The third-order valence-corrected chi connectivity index (χ3v) is 6.33. The van der Waals surface area contributed by atoms with E-state index in [0.29, 0.717) is 6.54 Å². The van der Waals surface area contributed by atoms with E-state index in [1.807, 2.05) is 32.0 Å².